The Hall–Kier alpha value is -2.58. The fourth-order valence-electron chi connectivity index (χ4n) is 3.58. The monoisotopic (exact) mass is 424 g/mol. The normalized spacial score (nSPS) is 19.0. The maximum absolute atomic E-state index is 14.5. The highest BCUT2D eigenvalue weighted by Crippen LogP contribution is 2.26. The zero-order valence-electron chi connectivity index (χ0n) is 15.4. The quantitative estimate of drug-likeness (QED) is 0.632. The lowest BCUT2D eigenvalue weighted by Gasteiger charge is -2.27. The second-order valence-electron chi connectivity index (χ2n) is 6.88. The van der Waals surface area contributed by atoms with Gasteiger partial charge in [0.2, 0.25) is 5.95 Å². The molecule has 2 N–H and O–H groups in total. The van der Waals surface area contributed by atoms with Crippen molar-refractivity contribution in [3.05, 3.63) is 65.6 Å². The maximum atomic E-state index is 14.5. The highest BCUT2D eigenvalue weighted by atomic mass is 35.5. The number of pyridine rings is 1. The van der Waals surface area contributed by atoms with E-state index in [-0.39, 0.29) is 36.4 Å². The molecule has 1 aliphatic heterocycles. The van der Waals surface area contributed by atoms with Crippen LogP contribution in [0.1, 0.15) is 22.3 Å². The van der Waals surface area contributed by atoms with Crippen molar-refractivity contribution in [2.45, 2.75) is 25.2 Å². The van der Waals surface area contributed by atoms with E-state index in [1.807, 2.05) is 0 Å². The second-order valence-corrected chi connectivity index (χ2v) is 6.88. The van der Waals surface area contributed by atoms with Crippen molar-refractivity contribution in [1.29, 1.82) is 0 Å². The Labute approximate surface area is 171 Å². The average molecular weight is 425 g/mol. The number of carbonyl (C=O) groups is 1. The molecule has 1 amide bonds. The maximum Gasteiger partial charge on any atom is 0.253 e. The Morgan fingerprint density at radius 3 is 2.90 bits per heavy atom. The average Bonchev–Trinajstić information content (AvgIpc) is 3.04. The van der Waals surface area contributed by atoms with Gasteiger partial charge in [-0.3, -0.25) is 4.79 Å². The predicted molar refractivity (Wildman–Crippen MR) is 106 cm³/mol. The van der Waals surface area contributed by atoms with Crippen molar-refractivity contribution < 1.29 is 18.0 Å². The van der Waals surface area contributed by atoms with E-state index in [0.717, 1.165) is 0 Å². The van der Waals surface area contributed by atoms with Crippen molar-refractivity contribution >= 4 is 29.2 Å². The van der Waals surface area contributed by atoms with Crippen LogP contribution < -0.4 is 10.6 Å². The number of rotatable bonds is 4. The number of hydrogen-bond donors (Lipinski definition) is 2. The van der Waals surface area contributed by atoms with E-state index in [1.165, 1.54) is 24.5 Å². The molecule has 2 atom stereocenters. The van der Waals surface area contributed by atoms with Crippen LogP contribution in [0.4, 0.5) is 13.2 Å². The van der Waals surface area contributed by atoms with Crippen LogP contribution in [-0.2, 0) is 6.54 Å². The SMILES string of the molecule is Cl.O=C(N[C@H]1CCNC[C@H]1F)c1cn(Cc2ccnc(F)c2)c2cccc(F)c12. The molecule has 2 aromatic heterocycles. The Kier molecular flexibility index (Phi) is 6.44. The van der Waals surface area contributed by atoms with Crippen LogP contribution in [0.5, 0.6) is 0 Å². The van der Waals surface area contributed by atoms with Gasteiger partial charge in [-0.05, 0) is 42.8 Å². The number of aromatic nitrogens is 2. The summed E-state index contributed by atoms with van der Waals surface area (Å²) in [6, 6.07) is 6.83. The number of nitrogens with zero attached hydrogens (tertiary/aromatic N) is 2. The molecule has 3 aromatic rings. The molecule has 5 nitrogen and oxygen atoms in total. The summed E-state index contributed by atoms with van der Waals surface area (Å²) < 4.78 is 43.7. The van der Waals surface area contributed by atoms with E-state index in [1.54, 1.807) is 22.8 Å². The van der Waals surface area contributed by atoms with E-state index >= 15 is 0 Å². The van der Waals surface area contributed by atoms with Crippen LogP contribution in [0.2, 0.25) is 0 Å². The highest BCUT2D eigenvalue weighted by Gasteiger charge is 2.28. The molecular formula is C20H20ClF3N4O. The summed E-state index contributed by atoms with van der Waals surface area (Å²) in [6.45, 7) is 1.02. The van der Waals surface area contributed by atoms with Gasteiger partial charge in [-0.25, -0.2) is 13.8 Å². The van der Waals surface area contributed by atoms with Crippen LogP contribution in [-0.4, -0.2) is 40.8 Å². The lowest BCUT2D eigenvalue weighted by Crippen LogP contribution is -2.50. The summed E-state index contributed by atoms with van der Waals surface area (Å²) in [6.07, 6.45) is 2.14. The zero-order chi connectivity index (χ0) is 19.7. The van der Waals surface area contributed by atoms with E-state index in [4.69, 9.17) is 0 Å². The number of alkyl halides is 1. The number of amides is 1. The first-order valence-corrected chi connectivity index (χ1v) is 9.06. The summed E-state index contributed by atoms with van der Waals surface area (Å²) >= 11 is 0. The van der Waals surface area contributed by atoms with E-state index < -0.39 is 29.9 Å². The summed E-state index contributed by atoms with van der Waals surface area (Å²) in [5, 5.41) is 5.78. The smallest absolute Gasteiger partial charge is 0.253 e. The van der Waals surface area contributed by atoms with Gasteiger partial charge in [0.05, 0.1) is 17.1 Å². The number of fused-ring (bicyclic) bond motifs is 1. The fourth-order valence-corrected chi connectivity index (χ4v) is 3.58. The first kappa shape index (κ1) is 21.1. The number of carbonyl (C=O) groups excluding carboxylic acids is 1. The molecule has 0 spiro atoms. The van der Waals surface area contributed by atoms with E-state index in [0.29, 0.717) is 24.0 Å². The molecule has 29 heavy (non-hydrogen) atoms. The number of piperidine rings is 1. The molecule has 0 unspecified atom stereocenters. The van der Waals surface area contributed by atoms with Crippen LogP contribution in [0, 0.1) is 11.8 Å². The Balaban J connectivity index is 0.00000240. The van der Waals surface area contributed by atoms with Gasteiger partial charge in [0.1, 0.15) is 12.0 Å². The molecule has 1 aliphatic rings. The zero-order valence-corrected chi connectivity index (χ0v) is 16.2. The number of benzene rings is 1. The highest BCUT2D eigenvalue weighted by molar-refractivity contribution is 6.07. The third-order valence-corrected chi connectivity index (χ3v) is 4.97. The van der Waals surface area contributed by atoms with Gasteiger partial charge >= 0.3 is 0 Å². The molecule has 4 rings (SSSR count). The van der Waals surface area contributed by atoms with Gasteiger partial charge in [0.25, 0.3) is 5.91 Å². The summed E-state index contributed by atoms with van der Waals surface area (Å²) in [4.78, 5) is 16.3. The predicted octanol–water partition coefficient (Wildman–Crippen LogP) is 3.21. The number of nitrogens with one attached hydrogen (secondary N) is 2. The van der Waals surface area contributed by atoms with Crippen LogP contribution >= 0.6 is 12.4 Å². The molecule has 1 saturated heterocycles. The Morgan fingerprint density at radius 1 is 1.31 bits per heavy atom. The summed E-state index contributed by atoms with van der Waals surface area (Å²) in [7, 11) is 0. The molecule has 3 heterocycles. The van der Waals surface area contributed by atoms with E-state index in [9.17, 15) is 18.0 Å². The molecule has 0 saturated carbocycles. The molecule has 154 valence electrons. The number of hydrogen-bond acceptors (Lipinski definition) is 3. The molecule has 0 aliphatic carbocycles. The molecule has 1 aromatic carbocycles. The minimum atomic E-state index is -1.20. The van der Waals surface area contributed by atoms with Crippen molar-refractivity contribution in [3.8, 4) is 0 Å². The van der Waals surface area contributed by atoms with Gasteiger partial charge in [0, 0.05) is 30.9 Å². The van der Waals surface area contributed by atoms with E-state index in [2.05, 4.69) is 15.6 Å². The molecule has 1 fully saturated rings. The van der Waals surface area contributed by atoms with Gasteiger partial charge in [-0.2, -0.15) is 4.39 Å². The lowest BCUT2D eigenvalue weighted by molar-refractivity contribution is 0.0893. The topological polar surface area (TPSA) is 59.0 Å². The minimum Gasteiger partial charge on any atom is -0.346 e. The van der Waals surface area contributed by atoms with Crippen molar-refractivity contribution in [3.63, 3.8) is 0 Å². The third kappa shape index (κ3) is 4.38. The Bertz CT molecular complexity index is 1030. The number of halogens is 4. The van der Waals surface area contributed by atoms with Crippen molar-refractivity contribution in [2.24, 2.45) is 0 Å². The van der Waals surface area contributed by atoms with Crippen LogP contribution in [0.25, 0.3) is 10.9 Å². The fraction of sp³-hybridized carbons (Fsp3) is 0.300. The summed E-state index contributed by atoms with van der Waals surface area (Å²) in [5.41, 5.74) is 1.26. The van der Waals surface area contributed by atoms with Gasteiger partial charge in [0.15, 0.2) is 0 Å². The minimum absolute atomic E-state index is 0. The van der Waals surface area contributed by atoms with Crippen molar-refractivity contribution in [1.82, 2.24) is 20.2 Å². The van der Waals surface area contributed by atoms with Crippen LogP contribution in [0.15, 0.2) is 42.7 Å². The molecule has 9 heteroatoms. The standard InChI is InChI=1S/C20H19F3N4O.ClH/c21-14-2-1-3-17-19(14)13(20(28)26-16-5-6-24-9-15(16)22)11-27(17)10-12-4-7-25-18(23)8-12;/h1-4,7-8,11,15-16,24H,5-6,9-10H2,(H,26,28);1H/t15-,16+;/m1./s1. The molecular weight excluding hydrogens is 405 g/mol. The summed E-state index contributed by atoms with van der Waals surface area (Å²) in [5.74, 6) is -1.67. The first-order valence-electron chi connectivity index (χ1n) is 9.06. The van der Waals surface area contributed by atoms with Crippen molar-refractivity contribution in [2.75, 3.05) is 13.1 Å². The van der Waals surface area contributed by atoms with Gasteiger partial charge < -0.3 is 15.2 Å². The lowest BCUT2D eigenvalue weighted by atomic mass is 10.0. The van der Waals surface area contributed by atoms with Gasteiger partial charge in [-0.15, -0.1) is 12.4 Å². The van der Waals surface area contributed by atoms with Crippen LogP contribution in [0.3, 0.4) is 0 Å². The third-order valence-electron chi connectivity index (χ3n) is 4.97. The molecule has 0 bridgehead atoms. The second kappa shape index (κ2) is 8.84. The largest absolute Gasteiger partial charge is 0.346 e. The molecule has 0 radical (unpaired) electrons. The Morgan fingerprint density at radius 2 is 2.14 bits per heavy atom. The first-order chi connectivity index (χ1) is 13.5. The van der Waals surface area contributed by atoms with Gasteiger partial charge in [-0.1, -0.05) is 6.07 Å².